The Hall–Kier alpha value is -3.02. The van der Waals surface area contributed by atoms with E-state index in [1.54, 1.807) is 25.1 Å². The second kappa shape index (κ2) is 5.56. The van der Waals surface area contributed by atoms with Crippen LogP contribution in [0.15, 0.2) is 42.2 Å². The fraction of sp³-hybridized carbons (Fsp3) is 0.111. The lowest BCUT2D eigenvalue weighted by atomic mass is 9.98. The molecule has 0 unspecified atom stereocenters. The van der Waals surface area contributed by atoms with Crippen molar-refractivity contribution >= 4 is 23.1 Å². The molecular formula is C18H13F2NO3. The molecule has 0 radical (unpaired) electrons. The summed E-state index contributed by atoms with van der Waals surface area (Å²) in [7, 11) is 0. The van der Waals surface area contributed by atoms with Gasteiger partial charge in [-0.15, -0.1) is 0 Å². The number of carbonyl (C=O) groups excluding carboxylic acids is 2. The van der Waals surface area contributed by atoms with Gasteiger partial charge in [-0.2, -0.15) is 0 Å². The Kier molecular flexibility index (Phi) is 3.67. The summed E-state index contributed by atoms with van der Waals surface area (Å²) in [5.41, 5.74) is 1.24. The van der Waals surface area contributed by atoms with Gasteiger partial charge in [0.2, 0.25) is 0 Å². The van der Waals surface area contributed by atoms with E-state index in [1.807, 2.05) is 6.92 Å². The number of benzene rings is 2. The van der Waals surface area contributed by atoms with E-state index >= 15 is 0 Å². The van der Waals surface area contributed by atoms with Gasteiger partial charge in [0, 0.05) is 6.07 Å². The lowest BCUT2D eigenvalue weighted by Crippen LogP contribution is -2.32. The van der Waals surface area contributed by atoms with E-state index in [4.69, 9.17) is 0 Å². The van der Waals surface area contributed by atoms with Crippen molar-refractivity contribution in [2.75, 3.05) is 4.90 Å². The molecule has 0 saturated carbocycles. The zero-order valence-electron chi connectivity index (χ0n) is 12.9. The number of anilines is 1. The topological polar surface area (TPSA) is 57.6 Å². The third-order valence-corrected chi connectivity index (χ3v) is 3.86. The molecule has 1 aliphatic heterocycles. The molecule has 1 heterocycles. The summed E-state index contributed by atoms with van der Waals surface area (Å²) in [4.78, 5) is 25.3. The van der Waals surface area contributed by atoms with Crippen LogP contribution in [0.25, 0.3) is 5.57 Å². The van der Waals surface area contributed by atoms with Crippen molar-refractivity contribution in [3.05, 3.63) is 70.5 Å². The first-order chi connectivity index (χ1) is 11.3. The number of aliphatic hydroxyl groups is 1. The first kappa shape index (κ1) is 15.9. The molecule has 2 amide bonds. The van der Waals surface area contributed by atoms with E-state index < -0.39 is 34.9 Å². The van der Waals surface area contributed by atoms with Crippen LogP contribution in [-0.4, -0.2) is 16.9 Å². The highest BCUT2D eigenvalue weighted by atomic mass is 19.1. The molecule has 2 aromatic rings. The Morgan fingerprint density at radius 2 is 1.67 bits per heavy atom. The molecule has 0 saturated heterocycles. The van der Waals surface area contributed by atoms with Crippen molar-refractivity contribution < 1.29 is 23.5 Å². The maximum absolute atomic E-state index is 13.9. The van der Waals surface area contributed by atoms with Crippen LogP contribution in [0.3, 0.4) is 0 Å². The van der Waals surface area contributed by atoms with Gasteiger partial charge in [0.1, 0.15) is 11.6 Å². The first-order valence-corrected chi connectivity index (χ1v) is 7.16. The molecule has 0 aromatic heterocycles. The standard InChI is InChI=1S/C18H13F2NO3/c1-9-3-5-12(10(2)7-9)15-16(22)18(24)21(17(15)23)14-8-11(19)4-6-13(14)20/h3-8,22H,1-2H3. The molecule has 122 valence electrons. The Labute approximate surface area is 136 Å². The molecule has 0 spiro atoms. The quantitative estimate of drug-likeness (QED) is 0.859. The molecule has 0 atom stereocenters. The largest absolute Gasteiger partial charge is 0.502 e. The second-order valence-corrected chi connectivity index (χ2v) is 5.58. The van der Waals surface area contributed by atoms with E-state index in [0.29, 0.717) is 16.0 Å². The highest BCUT2D eigenvalue weighted by molar-refractivity contribution is 6.45. The van der Waals surface area contributed by atoms with Gasteiger partial charge in [0.15, 0.2) is 5.76 Å². The van der Waals surface area contributed by atoms with Crippen LogP contribution in [0.2, 0.25) is 0 Å². The molecule has 3 rings (SSSR count). The minimum atomic E-state index is -1.08. The normalized spacial score (nSPS) is 14.8. The van der Waals surface area contributed by atoms with Crippen LogP contribution in [-0.2, 0) is 9.59 Å². The van der Waals surface area contributed by atoms with Crippen LogP contribution < -0.4 is 4.90 Å². The number of aryl methyl sites for hydroxylation is 2. The average Bonchev–Trinajstić information content (AvgIpc) is 2.73. The van der Waals surface area contributed by atoms with Crippen molar-refractivity contribution in [2.45, 2.75) is 13.8 Å². The highest BCUT2D eigenvalue weighted by Crippen LogP contribution is 2.34. The average molecular weight is 329 g/mol. The van der Waals surface area contributed by atoms with E-state index in [1.165, 1.54) is 0 Å². The predicted molar refractivity (Wildman–Crippen MR) is 84.3 cm³/mol. The fourth-order valence-corrected chi connectivity index (χ4v) is 2.73. The summed E-state index contributed by atoms with van der Waals surface area (Å²) in [6.45, 7) is 3.59. The molecule has 6 heteroatoms. The maximum Gasteiger partial charge on any atom is 0.301 e. The van der Waals surface area contributed by atoms with Crippen molar-refractivity contribution in [2.24, 2.45) is 0 Å². The van der Waals surface area contributed by atoms with Crippen molar-refractivity contribution in [3.8, 4) is 0 Å². The molecule has 4 nitrogen and oxygen atoms in total. The van der Waals surface area contributed by atoms with Crippen LogP contribution in [0, 0.1) is 25.5 Å². The number of hydrogen-bond donors (Lipinski definition) is 1. The number of amides is 2. The molecule has 0 fully saturated rings. The molecular weight excluding hydrogens is 316 g/mol. The number of imide groups is 1. The van der Waals surface area contributed by atoms with Gasteiger partial charge in [0.05, 0.1) is 11.3 Å². The molecule has 0 aliphatic carbocycles. The Morgan fingerprint density at radius 3 is 2.33 bits per heavy atom. The summed E-state index contributed by atoms with van der Waals surface area (Å²) in [5, 5.41) is 10.1. The molecule has 1 N–H and O–H groups in total. The van der Waals surface area contributed by atoms with E-state index in [9.17, 15) is 23.5 Å². The van der Waals surface area contributed by atoms with Crippen molar-refractivity contribution in [1.82, 2.24) is 0 Å². The summed E-state index contributed by atoms with van der Waals surface area (Å²) < 4.78 is 27.3. The lowest BCUT2D eigenvalue weighted by molar-refractivity contribution is -0.121. The van der Waals surface area contributed by atoms with E-state index in [-0.39, 0.29) is 5.57 Å². The number of hydrogen-bond acceptors (Lipinski definition) is 3. The first-order valence-electron chi connectivity index (χ1n) is 7.16. The summed E-state index contributed by atoms with van der Waals surface area (Å²) in [6, 6.07) is 7.56. The van der Waals surface area contributed by atoms with Gasteiger partial charge in [0.25, 0.3) is 5.91 Å². The van der Waals surface area contributed by atoms with E-state index in [2.05, 4.69) is 0 Å². The fourth-order valence-electron chi connectivity index (χ4n) is 2.73. The third-order valence-electron chi connectivity index (χ3n) is 3.86. The van der Waals surface area contributed by atoms with Gasteiger partial charge < -0.3 is 5.11 Å². The molecule has 1 aliphatic rings. The van der Waals surface area contributed by atoms with Crippen molar-refractivity contribution in [1.29, 1.82) is 0 Å². The number of halogens is 2. The minimum Gasteiger partial charge on any atom is -0.502 e. The second-order valence-electron chi connectivity index (χ2n) is 5.58. The summed E-state index contributed by atoms with van der Waals surface area (Å²) >= 11 is 0. The predicted octanol–water partition coefficient (Wildman–Crippen LogP) is 3.42. The van der Waals surface area contributed by atoms with Gasteiger partial charge >= 0.3 is 5.91 Å². The number of rotatable bonds is 2. The Bertz CT molecular complexity index is 918. The van der Waals surface area contributed by atoms with Gasteiger partial charge in [-0.25, -0.2) is 13.7 Å². The number of nitrogens with zero attached hydrogens (tertiary/aromatic N) is 1. The molecule has 24 heavy (non-hydrogen) atoms. The number of aliphatic hydroxyl groups excluding tert-OH is 1. The maximum atomic E-state index is 13.9. The van der Waals surface area contributed by atoms with Crippen LogP contribution in [0.1, 0.15) is 16.7 Å². The minimum absolute atomic E-state index is 0.221. The van der Waals surface area contributed by atoms with Crippen LogP contribution in [0.5, 0.6) is 0 Å². The van der Waals surface area contributed by atoms with Crippen LogP contribution in [0.4, 0.5) is 14.5 Å². The van der Waals surface area contributed by atoms with Gasteiger partial charge in [-0.3, -0.25) is 9.59 Å². The van der Waals surface area contributed by atoms with Gasteiger partial charge in [-0.05, 0) is 37.1 Å². The SMILES string of the molecule is Cc1ccc(C2=C(O)C(=O)N(c3cc(F)ccc3F)C2=O)c(C)c1. The monoisotopic (exact) mass is 329 g/mol. The Balaban J connectivity index is 2.13. The zero-order chi connectivity index (χ0) is 17.6. The molecule has 0 bridgehead atoms. The smallest absolute Gasteiger partial charge is 0.301 e. The van der Waals surface area contributed by atoms with Crippen LogP contribution >= 0.6 is 0 Å². The zero-order valence-corrected chi connectivity index (χ0v) is 12.9. The lowest BCUT2D eigenvalue weighted by Gasteiger charge is -2.15. The molecule has 2 aromatic carbocycles. The Morgan fingerprint density at radius 1 is 0.958 bits per heavy atom. The van der Waals surface area contributed by atoms with Gasteiger partial charge in [-0.1, -0.05) is 23.8 Å². The summed E-state index contributed by atoms with van der Waals surface area (Å²) in [6.07, 6.45) is 0. The third kappa shape index (κ3) is 2.36. The summed E-state index contributed by atoms with van der Waals surface area (Å²) in [5.74, 6) is -4.50. The van der Waals surface area contributed by atoms with E-state index in [0.717, 1.165) is 23.8 Å². The van der Waals surface area contributed by atoms with Crippen molar-refractivity contribution in [3.63, 3.8) is 0 Å². The number of carbonyl (C=O) groups is 2. The highest BCUT2D eigenvalue weighted by Gasteiger charge is 2.41.